The van der Waals surface area contributed by atoms with Crippen LogP contribution < -0.4 is 10.6 Å². The van der Waals surface area contributed by atoms with Crippen LogP contribution in [-0.4, -0.2) is 44.1 Å². The molecular weight excluding hydrogens is 456 g/mol. The minimum Gasteiger partial charge on any atom is -0.323 e. The fourth-order valence-corrected chi connectivity index (χ4v) is 4.33. The summed E-state index contributed by atoms with van der Waals surface area (Å²) in [6.07, 6.45) is 2.84. The lowest BCUT2D eigenvalue weighted by Gasteiger charge is -2.24. The van der Waals surface area contributed by atoms with E-state index in [0.29, 0.717) is 22.0 Å². The van der Waals surface area contributed by atoms with Gasteiger partial charge in [-0.2, -0.15) is 5.10 Å². The Balaban J connectivity index is 1.40. The van der Waals surface area contributed by atoms with Crippen LogP contribution in [-0.2, 0) is 15.1 Å². The van der Waals surface area contributed by atoms with Crippen molar-refractivity contribution in [1.82, 2.24) is 25.0 Å². The van der Waals surface area contributed by atoms with Crippen LogP contribution in [0.15, 0.2) is 73.3 Å². The van der Waals surface area contributed by atoms with Crippen molar-refractivity contribution in [3.8, 4) is 5.69 Å². The van der Waals surface area contributed by atoms with E-state index in [-0.39, 0.29) is 0 Å². The number of benzene rings is 3. The molecule has 2 N–H and O–H groups in total. The summed E-state index contributed by atoms with van der Waals surface area (Å²) in [5.41, 5.74) is 0.260. The van der Waals surface area contributed by atoms with E-state index < -0.39 is 29.9 Å². The van der Waals surface area contributed by atoms with Gasteiger partial charge in [-0.15, -0.1) is 0 Å². The molecule has 0 saturated carbocycles. The quantitative estimate of drug-likeness (QED) is 0.430. The van der Waals surface area contributed by atoms with E-state index in [9.17, 15) is 14.4 Å². The number of imide groups is 1. The summed E-state index contributed by atoms with van der Waals surface area (Å²) in [5, 5.41) is 11.8. The molecule has 1 aliphatic heterocycles. The Bertz CT molecular complexity index is 1430. The average molecular weight is 475 g/mol. The number of anilines is 1. The van der Waals surface area contributed by atoms with Crippen molar-refractivity contribution in [2.45, 2.75) is 12.5 Å². The number of hydrogen-bond acceptors (Lipinski definition) is 5. The van der Waals surface area contributed by atoms with Gasteiger partial charge >= 0.3 is 6.03 Å². The highest BCUT2D eigenvalue weighted by Crippen LogP contribution is 2.34. The van der Waals surface area contributed by atoms with Gasteiger partial charge in [0.25, 0.3) is 5.91 Å². The van der Waals surface area contributed by atoms with Gasteiger partial charge in [0.05, 0.1) is 11.4 Å². The van der Waals surface area contributed by atoms with Crippen molar-refractivity contribution in [3.63, 3.8) is 0 Å². The fraction of sp³-hybridized carbons (Fsp3) is 0.125. The Morgan fingerprint density at radius 2 is 1.91 bits per heavy atom. The second-order valence-corrected chi connectivity index (χ2v) is 8.46. The van der Waals surface area contributed by atoms with E-state index in [4.69, 9.17) is 11.6 Å². The highest BCUT2D eigenvalue weighted by Gasteiger charge is 2.50. The van der Waals surface area contributed by atoms with Crippen LogP contribution in [0.25, 0.3) is 16.5 Å². The molecule has 2 heterocycles. The molecule has 1 aromatic heterocycles. The molecule has 0 unspecified atom stereocenters. The van der Waals surface area contributed by atoms with E-state index in [1.165, 1.54) is 17.3 Å². The van der Waals surface area contributed by atoms with Crippen molar-refractivity contribution in [2.75, 3.05) is 11.9 Å². The topological polar surface area (TPSA) is 109 Å². The molecule has 0 radical (unpaired) electrons. The van der Waals surface area contributed by atoms with Crippen molar-refractivity contribution < 1.29 is 14.4 Å². The molecule has 4 amide bonds. The first kappa shape index (κ1) is 21.6. The van der Waals surface area contributed by atoms with Crippen LogP contribution in [0.1, 0.15) is 12.5 Å². The van der Waals surface area contributed by atoms with Crippen LogP contribution in [0.5, 0.6) is 0 Å². The van der Waals surface area contributed by atoms with Gasteiger partial charge in [-0.1, -0.05) is 54.1 Å². The van der Waals surface area contributed by atoms with Crippen LogP contribution in [0.3, 0.4) is 0 Å². The van der Waals surface area contributed by atoms with E-state index in [1.807, 2.05) is 36.4 Å². The van der Waals surface area contributed by atoms with Crippen molar-refractivity contribution >= 4 is 45.9 Å². The smallest absolute Gasteiger partial charge is 0.323 e. The van der Waals surface area contributed by atoms with Gasteiger partial charge in [-0.05, 0) is 41.5 Å². The summed E-state index contributed by atoms with van der Waals surface area (Å²) in [5.74, 6) is -1.07. The van der Waals surface area contributed by atoms with Gasteiger partial charge in [0.15, 0.2) is 0 Å². The second kappa shape index (κ2) is 8.27. The predicted molar refractivity (Wildman–Crippen MR) is 127 cm³/mol. The molecule has 1 aliphatic rings. The maximum absolute atomic E-state index is 13.4. The monoisotopic (exact) mass is 474 g/mol. The number of rotatable bonds is 5. The molecule has 1 saturated heterocycles. The Kier molecular flexibility index (Phi) is 5.25. The minimum absolute atomic E-state index is 0.367. The molecule has 3 aromatic carbocycles. The SMILES string of the molecule is C[C@]1(c2cccc3ccccc23)NC(=O)N(CC(=O)Nc2cc(Cl)ccc2-n2cncn2)C1=O. The molecule has 9 nitrogen and oxygen atoms in total. The number of amides is 4. The number of urea groups is 1. The Hall–Kier alpha value is -4.24. The number of halogens is 1. The lowest BCUT2D eigenvalue weighted by molar-refractivity contribution is -0.133. The lowest BCUT2D eigenvalue weighted by Crippen LogP contribution is -2.42. The van der Waals surface area contributed by atoms with Crippen LogP contribution >= 0.6 is 11.6 Å². The van der Waals surface area contributed by atoms with Gasteiger partial charge in [0.2, 0.25) is 5.91 Å². The summed E-state index contributed by atoms with van der Waals surface area (Å²) < 4.78 is 1.47. The summed E-state index contributed by atoms with van der Waals surface area (Å²) in [7, 11) is 0. The van der Waals surface area contributed by atoms with Crippen molar-refractivity contribution in [3.05, 3.63) is 83.9 Å². The first-order valence-electron chi connectivity index (χ1n) is 10.4. The first-order chi connectivity index (χ1) is 16.4. The highest BCUT2D eigenvalue weighted by molar-refractivity contribution is 6.31. The Morgan fingerprint density at radius 3 is 2.71 bits per heavy atom. The zero-order valence-corrected chi connectivity index (χ0v) is 18.8. The fourth-order valence-electron chi connectivity index (χ4n) is 4.16. The summed E-state index contributed by atoms with van der Waals surface area (Å²) in [6, 6.07) is 17.4. The average Bonchev–Trinajstić information content (AvgIpc) is 3.42. The first-order valence-corrected chi connectivity index (χ1v) is 10.8. The number of carbonyl (C=O) groups excluding carboxylic acids is 3. The lowest BCUT2D eigenvalue weighted by atomic mass is 9.88. The van der Waals surface area contributed by atoms with Crippen LogP contribution in [0.2, 0.25) is 5.02 Å². The van der Waals surface area contributed by atoms with E-state index in [2.05, 4.69) is 20.7 Å². The third-order valence-corrected chi connectivity index (χ3v) is 6.04. The molecule has 34 heavy (non-hydrogen) atoms. The molecule has 5 rings (SSSR count). The number of nitrogens with zero attached hydrogens (tertiary/aromatic N) is 4. The zero-order chi connectivity index (χ0) is 23.9. The number of carbonyl (C=O) groups is 3. The second-order valence-electron chi connectivity index (χ2n) is 8.02. The maximum Gasteiger partial charge on any atom is 0.325 e. The van der Waals surface area contributed by atoms with Gasteiger partial charge in [0.1, 0.15) is 24.7 Å². The van der Waals surface area contributed by atoms with Crippen molar-refractivity contribution in [1.29, 1.82) is 0 Å². The molecule has 170 valence electrons. The van der Waals surface area contributed by atoms with Crippen molar-refractivity contribution in [2.24, 2.45) is 0 Å². The Labute approximate surface area is 199 Å². The zero-order valence-electron chi connectivity index (χ0n) is 18.0. The number of hydrogen-bond donors (Lipinski definition) is 2. The Morgan fingerprint density at radius 1 is 1.12 bits per heavy atom. The standard InChI is InChI=1S/C24H19ClN6O3/c1-24(18-8-4-6-15-5-2-3-7-17(15)18)22(33)30(23(34)29-24)12-21(32)28-19-11-16(25)9-10-20(19)31-14-26-13-27-31/h2-11,13-14H,12H2,1H3,(H,28,32)(H,29,34)/t24-/m1/s1. The largest absolute Gasteiger partial charge is 0.325 e. The normalized spacial score (nSPS) is 17.8. The van der Waals surface area contributed by atoms with Gasteiger partial charge in [-0.25, -0.2) is 14.5 Å². The number of aromatic nitrogens is 3. The molecule has 1 atom stereocenters. The van der Waals surface area contributed by atoms with Gasteiger partial charge in [0, 0.05) is 5.02 Å². The molecule has 0 spiro atoms. The third kappa shape index (κ3) is 3.65. The van der Waals surface area contributed by atoms with E-state index in [1.54, 1.807) is 31.2 Å². The molecule has 10 heteroatoms. The summed E-state index contributed by atoms with van der Waals surface area (Å²) in [6.45, 7) is 1.18. The van der Waals surface area contributed by atoms with Crippen LogP contribution in [0.4, 0.5) is 10.5 Å². The summed E-state index contributed by atoms with van der Waals surface area (Å²) in [4.78, 5) is 43.9. The molecular formula is C24H19ClN6O3. The molecule has 0 aliphatic carbocycles. The predicted octanol–water partition coefficient (Wildman–Crippen LogP) is 3.48. The summed E-state index contributed by atoms with van der Waals surface area (Å²) >= 11 is 6.11. The van der Waals surface area contributed by atoms with E-state index >= 15 is 0 Å². The molecule has 0 bridgehead atoms. The highest BCUT2D eigenvalue weighted by atomic mass is 35.5. The molecule has 4 aromatic rings. The molecule has 1 fully saturated rings. The van der Waals surface area contributed by atoms with E-state index in [0.717, 1.165) is 15.7 Å². The van der Waals surface area contributed by atoms with Gasteiger partial charge < -0.3 is 10.6 Å². The number of nitrogens with one attached hydrogen (secondary N) is 2. The number of fused-ring (bicyclic) bond motifs is 1. The minimum atomic E-state index is -1.31. The van der Waals surface area contributed by atoms with Gasteiger partial charge in [-0.3, -0.25) is 14.5 Å². The van der Waals surface area contributed by atoms with Crippen LogP contribution in [0, 0.1) is 0 Å². The third-order valence-electron chi connectivity index (χ3n) is 5.80. The maximum atomic E-state index is 13.4.